The Hall–Kier alpha value is -1.46. The zero-order chi connectivity index (χ0) is 16.9. The molecule has 1 aromatic carbocycles. The zero-order valence-corrected chi connectivity index (χ0v) is 15.2. The lowest BCUT2D eigenvalue weighted by Crippen LogP contribution is -2.42. The third kappa shape index (κ3) is 5.25. The fraction of sp³-hybridized carbons (Fsp3) is 0.579. The zero-order valence-electron chi connectivity index (χ0n) is 14.4. The Kier molecular flexibility index (Phi) is 7.38. The molecule has 0 aromatic heterocycles. The van der Waals surface area contributed by atoms with Crippen LogP contribution in [-0.4, -0.2) is 42.8 Å². The molecule has 0 aliphatic carbocycles. The number of rotatable bonds is 5. The molecule has 0 saturated carbocycles. The van der Waals surface area contributed by atoms with Crippen molar-refractivity contribution in [3.05, 3.63) is 35.6 Å². The van der Waals surface area contributed by atoms with Crippen LogP contribution in [0.2, 0.25) is 0 Å². The third-order valence-corrected chi connectivity index (χ3v) is 5.20. The summed E-state index contributed by atoms with van der Waals surface area (Å²) in [4.78, 5) is 26.9. The Bertz CT molecular complexity index is 588. The maximum Gasteiger partial charge on any atom is 0.222 e. The normalized spacial score (nSPS) is 23.2. The van der Waals surface area contributed by atoms with Crippen molar-refractivity contribution in [1.29, 1.82) is 0 Å². The second kappa shape index (κ2) is 9.30. The molecule has 1 N–H and O–H groups in total. The average molecular weight is 369 g/mol. The van der Waals surface area contributed by atoms with Gasteiger partial charge < -0.3 is 10.2 Å². The predicted octanol–water partition coefficient (Wildman–Crippen LogP) is 3.06. The van der Waals surface area contributed by atoms with Crippen LogP contribution in [0.1, 0.15) is 42.5 Å². The van der Waals surface area contributed by atoms with Crippen LogP contribution >= 0.6 is 12.4 Å². The second-order valence-electron chi connectivity index (χ2n) is 6.95. The van der Waals surface area contributed by atoms with Crippen molar-refractivity contribution < 1.29 is 14.0 Å². The van der Waals surface area contributed by atoms with E-state index in [1.165, 1.54) is 24.3 Å². The van der Waals surface area contributed by atoms with E-state index in [1.807, 2.05) is 4.90 Å². The van der Waals surface area contributed by atoms with E-state index in [1.54, 1.807) is 0 Å². The fourth-order valence-corrected chi connectivity index (χ4v) is 3.71. The Labute approximate surface area is 154 Å². The minimum Gasteiger partial charge on any atom is -0.342 e. The average Bonchev–Trinajstić information content (AvgIpc) is 3.13. The number of ketones is 1. The molecule has 25 heavy (non-hydrogen) atoms. The number of nitrogens with zero attached hydrogens (tertiary/aromatic N) is 1. The molecule has 2 aliphatic rings. The van der Waals surface area contributed by atoms with Gasteiger partial charge in [-0.05, 0) is 69.0 Å². The highest BCUT2D eigenvalue weighted by molar-refractivity contribution is 5.98. The van der Waals surface area contributed by atoms with Crippen molar-refractivity contribution in [1.82, 2.24) is 10.2 Å². The monoisotopic (exact) mass is 368 g/mol. The molecule has 138 valence electrons. The molecule has 4 nitrogen and oxygen atoms in total. The summed E-state index contributed by atoms with van der Waals surface area (Å²) in [5.41, 5.74) is 0.535. The van der Waals surface area contributed by atoms with Gasteiger partial charge in [-0.1, -0.05) is 0 Å². The van der Waals surface area contributed by atoms with Gasteiger partial charge in [0.1, 0.15) is 5.82 Å². The molecule has 1 amide bonds. The molecule has 1 aromatic rings. The molecule has 0 bridgehead atoms. The number of benzene rings is 1. The molecule has 0 radical (unpaired) electrons. The number of piperidine rings is 1. The number of carbonyl (C=O) groups is 2. The van der Waals surface area contributed by atoms with Crippen molar-refractivity contribution in [2.45, 2.75) is 32.1 Å². The summed E-state index contributed by atoms with van der Waals surface area (Å²) in [7, 11) is 0. The Morgan fingerprint density at radius 3 is 2.64 bits per heavy atom. The number of likely N-dealkylation sites (tertiary alicyclic amines) is 1. The van der Waals surface area contributed by atoms with E-state index in [9.17, 15) is 14.0 Å². The number of Topliss-reactive ketones (excluding diaryl/α,β-unsaturated/α-hetero) is 1. The van der Waals surface area contributed by atoms with E-state index in [0.717, 1.165) is 45.3 Å². The molecule has 2 saturated heterocycles. The fourth-order valence-electron chi connectivity index (χ4n) is 3.71. The molecular formula is C19H26ClFN2O2. The van der Waals surface area contributed by atoms with Crippen molar-refractivity contribution in [2.75, 3.05) is 26.2 Å². The van der Waals surface area contributed by atoms with Crippen LogP contribution < -0.4 is 5.32 Å². The molecular weight excluding hydrogens is 343 g/mol. The van der Waals surface area contributed by atoms with Gasteiger partial charge in [0.25, 0.3) is 0 Å². The van der Waals surface area contributed by atoms with E-state index in [4.69, 9.17) is 0 Å². The van der Waals surface area contributed by atoms with Gasteiger partial charge in [0.15, 0.2) is 5.78 Å². The lowest BCUT2D eigenvalue weighted by atomic mass is 9.89. The minimum atomic E-state index is -0.339. The van der Waals surface area contributed by atoms with E-state index >= 15 is 0 Å². The maximum atomic E-state index is 13.0. The Morgan fingerprint density at radius 1 is 1.20 bits per heavy atom. The van der Waals surface area contributed by atoms with Crippen LogP contribution in [0, 0.1) is 17.7 Å². The first-order valence-corrected chi connectivity index (χ1v) is 8.92. The van der Waals surface area contributed by atoms with E-state index in [-0.39, 0.29) is 35.8 Å². The van der Waals surface area contributed by atoms with Gasteiger partial charge in [-0.15, -0.1) is 12.4 Å². The van der Waals surface area contributed by atoms with Crippen LogP contribution in [0.15, 0.2) is 24.3 Å². The number of halogens is 2. The second-order valence-corrected chi connectivity index (χ2v) is 6.95. The van der Waals surface area contributed by atoms with Crippen LogP contribution in [0.3, 0.4) is 0 Å². The van der Waals surface area contributed by atoms with Crippen molar-refractivity contribution in [2.24, 2.45) is 11.8 Å². The molecule has 2 unspecified atom stereocenters. The van der Waals surface area contributed by atoms with Crippen LogP contribution in [0.4, 0.5) is 4.39 Å². The molecule has 2 heterocycles. The van der Waals surface area contributed by atoms with Crippen LogP contribution in [0.5, 0.6) is 0 Å². The van der Waals surface area contributed by atoms with Gasteiger partial charge in [0.2, 0.25) is 5.91 Å². The summed E-state index contributed by atoms with van der Waals surface area (Å²) in [5, 5.41) is 3.32. The molecule has 0 spiro atoms. The summed E-state index contributed by atoms with van der Waals surface area (Å²) < 4.78 is 13.0. The number of carbonyl (C=O) groups excluding carboxylic acids is 2. The summed E-state index contributed by atoms with van der Waals surface area (Å²) in [6, 6.07) is 5.69. The van der Waals surface area contributed by atoms with E-state index < -0.39 is 0 Å². The number of nitrogens with one attached hydrogen (secondary N) is 1. The maximum absolute atomic E-state index is 13.0. The molecule has 2 fully saturated rings. The lowest BCUT2D eigenvalue weighted by molar-refractivity contribution is -0.132. The number of hydrogen-bond donors (Lipinski definition) is 1. The van der Waals surface area contributed by atoms with Gasteiger partial charge >= 0.3 is 0 Å². The minimum absolute atomic E-state index is 0. The Balaban J connectivity index is 0.00000225. The van der Waals surface area contributed by atoms with E-state index in [2.05, 4.69) is 5.32 Å². The Morgan fingerprint density at radius 2 is 1.96 bits per heavy atom. The summed E-state index contributed by atoms with van der Waals surface area (Å²) >= 11 is 0. The lowest BCUT2D eigenvalue weighted by Gasteiger charge is -2.32. The van der Waals surface area contributed by atoms with Crippen molar-refractivity contribution in [3.8, 4) is 0 Å². The van der Waals surface area contributed by atoms with Gasteiger partial charge in [0.05, 0.1) is 0 Å². The van der Waals surface area contributed by atoms with Gasteiger partial charge in [-0.25, -0.2) is 4.39 Å². The SMILES string of the molecule is Cl.O=C(c1ccc(F)cc1)C1CCCN(C(=O)CCC2CCNC2)C1. The van der Waals surface area contributed by atoms with E-state index in [0.29, 0.717) is 24.4 Å². The number of amides is 1. The first-order chi connectivity index (χ1) is 11.6. The number of hydrogen-bond acceptors (Lipinski definition) is 3. The van der Waals surface area contributed by atoms with Crippen LogP contribution in [0.25, 0.3) is 0 Å². The topological polar surface area (TPSA) is 49.4 Å². The highest BCUT2D eigenvalue weighted by atomic mass is 35.5. The summed E-state index contributed by atoms with van der Waals surface area (Å²) in [6.07, 6.45) is 4.31. The molecule has 3 rings (SSSR count). The van der Waals surface area contributed by atoms with Gasteiger partial charge in [0, 0.05) is 31.0 Å². The molecule has 6 heteroatoms. The molecule has 2 aliphatic heterocycles. The quantitative estimate of drug-likeness (QED) is 0.812. The summed E-state index contributed by atoms with van der Waals surface area (Å²) in [6.45, 7) is 3.31. The van der Waals surface area contributed by atoms with Gasteiger partial charge in [-0.2, -0.15) is 0 Å². The highest BCUT2D eigenvalue weighted by Crippen LogP contribution is 2.23. The standard InChI is InChI=1S/C19H25FN2O2.ClH/c20-17-6-4-15(5-7-17)19(24)16-2-1-11-22(13-16)18(23)8-3-14-9-10-21-12-14;/h4-7,14,16,21H,1-3,8-13H2;1H. The first-order valence-electron chi connectivity index (χ1n) is 8.92. The largest absolute Gasteiger partial charge is 0.342 e. The predicted molar refractivity (Wildman–Crippen MR) is 97.5 cm³/mol. The summed E-state index contributed by atoms with van der Waals surface area (Å²) in [5.74, 6) is 0.288. The van der Waals surface area contributed by atoms with Crippen LogP contribution in [-0.2, 0) is 4.79 Å². The van der Waals surface area contributed by atoms with Crippen molar-refractivity contribution in [3.63, 3.8) is 0 Å². The first kappa shape index (κ1) is 19.9. The smallest absolute Gasteiger partial charge is 0.222 e. The third-order valence-electron chi connectivity index (χ3n) is 5.20. The highest BCUT2D eigenvalue weighted by Gasteiger charge is 2.29. The van der Waals surface area contributed by atoms with Crippen molar-refractivity contribution >= 4 is 24.1 Å². The molecule has 2 atom stereocenters. The van der Waals surface area contributed by atoms with Gasteiger partial charge in [-0.3, -0.25) is 9.59 Å².